The van der Waals surface area contributed by atoms with Crippen molar-refractivity contribution in [3.8, 4) is 0 Å². The Kier molecular flexibility index (Phi) is 4.60. The van der Waals surface area contributed by atoms with Gasteiger partial charge in [0.25, 0.3) is 0 Å². The molecule has 1 unspecified atom stereocenters. The van der Waals surface area contributed by atoms with Crippen LogP contribution in [0.1, 0.15) is 41.8 Å². The number of thiazole rings is 1. The summed E-state index contributed by atoms with van der Waals surface area (Å²) >= 11 is 8.00. The summed E-state index contributed by atoms with van der Waals surface area (Å²) < 4.78 is 1.96. The predicted octanol–water partition coefficient (Wildman–Crippen LogP) is 3.13. The molecular weight excluding hydrogens is 280 g/mol. The van der Waals surface area contributed by atoms with E-state index in [2.05, 4.69) is 23.9 Å². The molecule has 0 aliphatic heterocycles. The molecule has 0 spiro atoms. The summed E-state index contributed by atoms with van der Waals surface area (Å²) in [4.78, 5) is 5.37. The Morgan fingerprint density at radius 1 is 1.47 bits per heavy atom. The van der Waals surface area contributed by atoms with Crippen LogP contribution in [0.5, 0.6) is 0 Å². The fourth-order valence-corrected chi connectivity index (χ4v) is 3.33. The van der Waals surface area contributed by atoms with E-state index in [0.717, 1.165) is 39.9 Å². The summed E-state index contributed by atoms with van der Waals surface area (Å²) in [5, 5.41) is 5.29. The van der Waals surface area contributed by atoms with E-state index in [-0.39, 0.29) is 6.04 Å². The molecule has 2 N–H and O–H groups in total. The molecule has 104 valence electrons. The highest BCUT2D eigenvalue weighted by Crippen LogP contribution is 2.28. The fourth-order valence-electron chi connectivity index (χ4n) is 2.18. The van der Waals surface area contributed by atoms with Gasteiger partial charge in [0.15, 0.2) is 0 Å². The van der Waals surface area contributed by atoms with Crippen LogP contribution in [-0.4, -0.2) is 14.8 Å². The summed E-state index contributed by atoms with van der Waals surface area (Å²) in [6.45, 7) is 6.92. The first-order valence-electron chi connectivity index (χ1n) is 6.48. The number of nitrogens with two attached hydrogens (primary N) is 1. The maximum Gasteiger partial charge on any atom is 0.0850 e. The molecule has 0 amide bonds. The quantitative estimate of drug-likeness (QED) is 0.922. The molecule has 4 nitrogen and oxygen atoms in total. The number of rotatable bonds is 5. The molecule has 0 saturated carbocycles. The van der Waals surface area contributed by atoms with Gasteiger partial charge in [0.05, 0.1) is 27.6 Å². The van der Waals surface area contributed by atoms with Crippen LogP contribution in [0.4, 0.5) is 0 Å². The molecule has 2 heterocycles. The molecule has 19 heavy (non-hydrogen) atoms. The highest BCUT2D eigenvalue weighted by atomic mass is 35.5. The van der Waals surface area contributed by atoms with Gasteiger partial charge in [0.1, 0.15) is 0 Å². The fraction of sp³-hybridized carbons (Fsp3) is 0.538. The zero-order valence-corrected chi connectivity index (χ0v) is 13.1. The Hall–Kier alpha value is -0.910. The van der Waals surface area contributed by atoms with E-state index in [1.54, 1.807) is 11.3 Å². The lowest BCUT2D eigenvalue weighted by Crippen LogP contribution is -2.16. The minimum atomic E-state index is -0.0725. The number of aryl methyl sites for hydroxylation is 3. The third-order valence-corrected chi connectivity index (χ3v) is 4.73. The standard InChI is InChI=1S/C13H19ClN4S/c1-4-10-12(14)11(18(5-2)17-10)6-9(15)13-8(3)16-7-19-13/h7,9H,4-6,15H2,1-3H3. The lowest BCUT2D eigenvalue weighted by atomic mass is 10.1. The van der Waals surface area contributed by atoms with Crippen molar-refractivity contribution in [3.05, 3.63) is 32.5 Å². The number of aromatic nitrogens is 3. The molecular formula is C13H19ClN4S. The number of hydrogen-bond donors (Lipinski definition) is 1. The second-order valence-corrected chi connectivity index (χ2v) is 5.75. The lowest BCUT2D eigenvalue weighted by molar-refractivity contribution is 0.587. The van der Waals surface area contributed by atoms with Crippen LogP contribution in [0, 0.1) is 6.92 Å². The average Bonchev–Trinajstić information content (AvgIpc) is 2.95. The third kappa shape index (κ3) is 2.83. The maximum atomic E-state index is 6.40. The molecule has 0 saturated heterocycles. The monoisotopic (exact) mass is 298 g/mol. The van der Waals surface area contributed by atoms with Crippen molar-refractivity contribution in [2.45, 2.75) is 46.2 Å². The smallest absolute Gasteiger partial charge is 0.0850 e. The van der Waals surface area contributed by atoms with Crippen LogP contribution in [0.2, 0.25) is 5.02 Å². The van der Waals surface area contributed by atoms with Gasteiger partial charge >= 0.3 is 0 Å². The van der Waals surface area contributed by atoms with Gasteiger partial charge in [0, 0.05) is 23.9 Å². The number of hydrogen-bond acceptors (Lipinski definition) is 4. The highest BCUT2D eigenvalue weighted by Gasteiger charge is 2.19. The summed E-state index contributed by atoms with van der Waals surface area (Å²) in [5.41, 5.74) is 11.1. The molecule has 0 fully saturated rings. The second kappa shape index (κ2) is 6.03. The van der Waals surface area contributed by atoms with Gasteiger partial charge in [-0.1, -0.05) is 18.5 Å². The Balaban J connectivity index is 2.28. The zero-order valence-electron chi connectivity index (χ0n) is 11.5. The van der Waals surface area contributed by atoms with Crippen LogP contribution in [0.25, 0.3) is 0 Å². The van der Waals surface area contributed by atoms with Crippen LogP contribution in [-0.2, 0) is 19.4 Å². The predicted molar refractivity (Wildman–Crippen MR) is 79.8 cm³/mol. The topological polar surface area (TPSA) is 56.7 Å². The van der Waals surface area contributed by atoms with E-state index < -0.39 is 0 Å². The number of halogens is 1. The van der Waals surface area contributed by atoms with Crippen molar-refractivity contribution in [2.24, 2.45) is 5.73 Å². The van der Waals surface area contributed by atoms with Crippen molar-refractivity contribution >= 4 is 22.9 Å². The molecule has 2 aromatic heterocycles. The first-order valence-corrected chi connectivity index (χ1v) is 7.73. The minimum absolute atomic E-state index is 0.0725. The van der Waals surface area contributed by atoms with Gasteiger partial charge in [-0.15, -0.1) is 11.3 Å². The van der Waals surface area contributed by atoms with Crippen LogP contribution >= 0.6 is 22.9 Å². The van der Waals surface area contributed by atoms with Gasteiger partial charge < -0.3 is 5.73 Å². The minimum Gasteiger partial charge on any atom is -0.323 e. The lowest BCUT2D eigenvalue weighted by Gasteiger charge is -2.12. The first kappa shape index (κ1) is 14.5. The molecule has 0 aromatic carbocycles. The van der Waals surface area contributed by atoms with Crippen molar-refractivity contribution < 1.29 is 0 Å². The molecule has 6 heteroatoms. The van der Waals surface area contributed by atoms with E-state index in [0.29, 0.717) is 6.42 Å². The van der Waals surface area contributed by atoms with E-state index in [4.69, 9.17) is 17.3 Å². The number of nitrogens with zero attached hydrogens (tertiary/aromatic N) is 3. The maximum absolute atomic E-state index is 6.40. The van der Waals surface area contributed by atoms with Gasteiger partial charge in [-0.05, 0) is 20.3 Å². The molecule has 0 aliphatic rings. The molecule has 2 aromatic rings. The highest BCUT2D eigenvalue weighted by molar-refractivity contribution is 7.09. The van der Waals surface area contributed by atoms with E-state index in [1.807, 2.05) is 17.1 Å². The second-order valence-electron chi connectivity index (χ2n) is 4.49. The summed E-state index contributed by atoms with van der Waals surface area (Å²) in [6, 6.07) is -0.0725. The third-order valence-electron chi connectivity index (χ3n) is 3.23. The van der Waals surface area contributed by atoms with Crippen molar-refractivity contribution in [1.29, 1.82) is 0 Å². The van der Waals surface area contributed by atoms with Crippen LogP contribution < -0.4 is 5.73 Å². The zero-order chi connectivity index (χ0) is 14.0. The molecule has 0 aliphatic carbocycles. The molecule has 0 radical (unpaired) electrons. The normalized spacial score (nSPS) is 12.9. The van der Waals surface area contributed by atoms with Gasteiger partial charge in [-0.25, -0.2) is 4.98 Å². The van der Waals surface area contributed by atoms with Crippen molar-refractivity contribution in [1.82, 2.24) is 14.8 Å². The van der Waals surface area contributed by atoms with Gasteiger partial charge in [-0.2, -0.15) is 5.10 Å². The van der Waals surface area contributed by atoms with Crippen molar-refractivity contribution in [3.63, 3.8) is 0 Å². The molecule has 2 rings (SSSR count). The summed E-state index contributed by atoms with van der Waals surface area (Å²) in [5.74, 6) is 0. The Morgan fingerprint density at radius 2 is 2.21 bits per heavy atom. The van der Waals surface area contributed by atoms with Crippen molar-refractivity contribution in [2.75, 3.05) is 0 Å². The van der Waals surface area contributed by atoms with E-state index in [9.17, 15) is 0 Å². The van der Waals surface area contributed by atoms with Crippen LogP contribution in [0.3, 0.4) is 0 Å². The Morgan fingerprint density at radius 3 is 2.74 bits per heavy atom. The van der Waals surface area contributed by atoms with Gasteiger partial charge in [0.2, 0.25) is 0 Å². The summed E-state index contributed by atoms with van der Waals surface area (Å²) in [6.07, 6.45) is 1.54. The molecule has 1 atom stereocenters. The first-order chi connectivity index (χ1) is 9.08. The van der Waals surface area contributed by atoms with Crippen LogP contribution in [0.15, 0.2) is 5.51 Å². The molecule has 0 bridgehead atoms. The largest absolute Gasteiger partial charge is 0.323 e. The summed E-state index contributed by atoms with van der Waals surface area (Å²) in [7, 11) is 0. The SMILES string of the molecule is CCc1nn(CC)c(CC(N)c2scnc2C)c1Cl. The Labute approximate surface area is 122 Å². The Bertz CT molecular complexity index is 561. The average molecular weight is 299 g/mol. The van der Waals surface area contributed by atoms with E-state index >= 15 is 0 Å². The van der Waals surface area contributed by atoms with E-state index in [1.165, 1.54) is 0 Å². The van der Waals surface area contributed by atoms with Gasteiger partial charge in [-0.3, -0.25) is 4.68 Å².